The Kier molecular flexibility index (Phi) is 9.23. The van der Waals surface area contributed by atoms with Crippen molar-refractivity contribution in [2.75, 3.05) is 25.0 Å². The van der Waals surface area contributed by atoms with E-state index in [1.165, 1.54) is 0 Å². The first-order valence-corrected chi connectivity index (χ1v) is 13.7. The Morgan fingerprint density at radius 2 is 1.74 bits per heavy atom. The normalized spacial score (nSPS) is 23.4. The van der Waals surface area contributed by atoms with Crippen molar-refractivity contribution in [2.24, 2.45) is 0 Å². The number of hydrogen-bond acceptors (Lipinski definition) is 6. The molecule has 3 aromatic rings. The van der Waals surface area contributed by atoms with Gasteiger partial charge in [0.05, 0.1) is 25.4 Å². The molecule has 2 amide bonds. The fourth-order valence-electron chi connectivity index (χ4n) is 5.35. The SMILES string of the molecule is O=C(NCc1ccccc1)Nc1cccc(C2OC(CN3CCCC3CO)CC(c3ccc(CO)cc3)O2)c1. The highest BCUT2D eigenvalue weighted by atomic mass is 16.7. The number of benzene rings is 3. The summed E-state index contributed by atoms with van der Waals surface area (Å²) in [4.78, 5) is 14.9. The highest BCUT2D eigenvalue weighted by Crippen LogP contribution is 2.39. The fraction of sp³-hybridized carbons (Fsp3) is 0.387. The summed E-state index contributed by atoms with van der Waals surface area (Å²) < 4.78 is 12.9. The largest absolute Gasteiger partial charge is 0.395 e. The number of urea groups is 1. The van der Waals surface area contributed by atoms with Gasteiger partial charge in [-0.25, -0.2) is 4.79 Å². The molecule has 206 valence electrons. The van der Waals surface area contributed by atoms with Crippen LogP contribution in [0.3, 0.4) is 0 Å². The number of carbonyl (C=O) groups is 1. The van der Waals surface area contributed by atoms with Gasteiger partial charge in [-0.2, -0.15) is 0 Å². The molecular formula is C31H37N3O5. The molecule has 4 unspecified atom stereocenters. The minimum absolute atomic E-state index is 0.00358. The van der Waals surface area contributed by atoms with Crippen LogP contribution in [0, 0.1) is 0 Å². The molecule has 5 rings (SSSR count). The van der Waals surface area contributed by atoms with Gasteiger partial charge in [-0.05, 0) is 48.2 Å². The van der Waals surface area contributed by atoms with Crippen LogP contribution in [-0.2, 0) is 22.6 Å². The molecule has 2 heterocycles. The van der Waals surface area contributed by atoms with Crippen LogP contribution in [0.5, 0.6) is 0 Å². The summed E-state index contributed by atoms with van der Waals surface area (Å²) >= 11 is 0. The molecule has 2 fully saturated rings. The zero-order valence-electron chi connectivity index (χ0n) is 22.0. The number of carbonyl (C=O) groups excluding carboxylic acids is 1. The van der Waals surface area contributed by atoms with Gasteiger partial charge >= 0.3 is 6.03 Å². The third-order valence-electron chi connectivity index (χ3n) is 7.48. The van der Waals surface area contributed by atoms with Gasteiger partial charge in [0.15, 0.2) is 6.29 Å². The number of hydrogen-bond donors (Lipinski definition) is 4. The van der Waals surface area contributed by atoms with Gasteiger partial charge in [0, 0.05) is 36.8 Å². The van der Waals surface area contributed by atoms with Gasteiger partial charge in [0.2, 0.25) is 0 Å². The van der Waals surface area contributed by atoms with E-state index in [9.17, 15) is 15.0 Å². The Morgan fingerprint density at radius 1 is 0.923 bits per heavy atom. The second-order valence-electron chi connectivity index (χ2n) is 10.2. The molecule has 3 aromatic carbocycles. The lowest BCUT2D eigenvalue weighted by molar-refractivity contribution is -0.253. The summed E-state index contributed by atoms with van der Waals surface area (Å²) in [7, 11) is 0. The van der Waals surface area contributed by atoms with Crippen LogP contribution in [-0.4, -0.2) is 53.0 Å². The number of rotatable bonds is 9. The van der Waals surface area contributed by atoms with Gasteiger partial charge in [0.1, 0.15) is 0 Å². The van der Waals surface area contributed by atoms with Crippen molar-refractivity contribution in [3.63, 3.8) is 0 Å². The molecule has 8 nitrogen and oxygen atoms in total. The molecule has 0 radical (unpaired) electrons. The summed E-state index contributed by atoms with van der Waals surface area (Å²) in [5.74, 6) is 0. The van der Waals surface area contributed by atoms with Crippen molar-refractivity contribution in [1.29, 1.82) is 0 Å². The lowest BCUT2D eigenvalue weighted by Crippen LogP contribution is -2.42. The number of ether oxygens (including phenoxy) is 2. The van der Waals surface area contributed by atoms with Crippen LogP contribution >= 0.6 is 0 Å². The van der Waals surface area contributed by atoms with E-state index in [1.54, 1.807) is 0 Å². The van der Waals surface area contributed by atoms with Gasteiger partial charge in [-0.1, -0.05) is 66.7 Å². The van der Waals surface area contributed by atoms with Crippen LogP contribution in [0.15, 0.2) is 78.9 Å². The Balaban J connectivity index is 1.29. The van der Waals surface area contributed by atoms with E-state index in [4.69, 9.17) is 9.47 Å². The van der Waals surface area contributed by atoms with Gasteiger partial charge in [0.25, 0.3) is 0 Å². The zero-order chi connectivity index (χ0) is 27.0. The predicted molar refractivity (Wildman–Crippen MR) is 149 cm³/mol. The molecule has 0 bridgehead atoms. The van der Waals surface area contributed by atoms with Crippen molar-refractivity contribution < 1.29 is 24.5 Å². The lowest BCUT2D eigenvalue weighted by Gasteiger charge is -2.38. The summed E-state index contributed by atoms with van der Waals surface area (Å²) in [5, 5.41) is 25.1. The van der Waals surface area contributed by atoms with Crippen molar-refractivity contribution in [1.82, 2.24) is 10.2 Å². The second kappa shape index (κ2) is 13.2. The van der Waals surface area contributed by atoms with Crippen LogP contribution < -0.4 is 10.6 Å². The predicted octanol–water partition coefficient (Wildman–Crippen LogP) is 4.50. The molecule has 2 aliphatic heterocycles. The van der Waals surface area contributed by atoms with Crippen LogP contribution in [0.2, 0.25) is 0 Å². The fourth-order valence-corrected chi connectivity index (χ4v) is 5.35. The molecule has 0 aliphatic carbocycles. The minimum Gasteiger partial charge on any atom is -0.395 e. The van der Waals surface area contributed by atoms with Crippen molar-refractivity contribution in [3.8, 4) is 0 Å². The van der Waals surface area contributed by atoms with Gasteiger partial charge in [-0.15, -0.1) is 0 Å². The van der Waals surface area contributed by atoms with Crippen molar-refractivity contribution in [3.05, 3.63) is 101 Å². The van der Waals surface area contributed by atoms with E-state index in [0.29, 0.717) is 18.7 Å². The summed E-state index contributed by atoms with van der Waals surface area (Å²) in [6, 6.07) is 25.0. The smallest absolute Gasteiger partial charge is 0.319 e. The highest BCUT2D eigenvalue weighted by Gasteiger charge is 2.35. The molecule has 39 heavy (non-hydrogen) atoms. The Bertz CT molecular complexity index is 1210. The molecule has 2 saturated heterocycles. The van der Waals surface area contributed by atoms with E-state index in [-0.39, 0.29) is 37.5 Å². The molecule has 8 heteroatoms. The molecule has 2 aliphatic rings. The maximum absolute atomic E-state index is 12.5. The molecule has 0 aromatic heterocycles. The van der Waals surface area contributed by atoms with Crippen LogP contribution in [0.25, 0.3) is 0 Å². The molecule has 0 saturated carbocycles. The molecule has 4 atom stereocenters. The molecule has 4 N–H and O–H groups in total. The molecular weight excluding hydrogens is 494 g/mol. The van der Waals surface area contributed by atoms with E-state index >= 15 is 0 Å². The number of nitrogens with zero attached hydrogens (tertiary/aromatic N) is 1. The first-order valence-electron chi connectivity index (χ1n) is 13.7. The number of amides is 2. The minimum atomic E-state index is -0.615. The van der Waals surface area contributed by atoms with E-state index < -0.39 is 6.29 Å². The van der Waals surface area contributed by atoms with E-state index in [2.05, 4.69) is 15.5 Å². The first kappa shape index (κ1) is 27.3. The third-order valence-corrected chi connectivity index (χ3v) is 7.48. The van der Waals surface area contributed by atoms with Crippen LogP contribution in [0.1, 0.15) is 53.9 Å². The number of aliphatic hydroxyl groups excluding tert-OH is 2. The quantitative estimate of drug-likeness (QED) is 0.324. The number of nitrogens with one attached hydrogen (secondary N) is 2. The molecule has 0 spiro atoms. The van der Waals surface area contributed by atoms with Crippen molar-refractivity contribution in [2.45, 2.75) is 57.0 Å². The lowest BCUT2D eigenvalue weighted by atomic mass is 9.99. The topological polar surface area (TPSA) is 103 Å². The maximum atomic E-state index is 12.5. The second-order valence-corrected chi connectivity index (χ2v) is 10.2. The number of likely N-dealkylation sites (tertiary alicyclic amines) is 1. The Morgan fingerprint density at radius 3 is 2.51 bits per heavy atom. The monoisotopic (exact) mass is 531 g/mol. The van der Waals surface area contributed by atoms with Gasteiger partial charge < -0.3 is 30.3 Å². The Labute approximate surface area is 229 Å². The number of aliphatic hydroxyl groups is 2. The van der Waals surface area contributed by atoms with E-state index in [0.717, 1.165) is 48.2 Å². The third kappa shape index (κ3) is 7.23. The Hall–Kier alpha value is -3.27. The first-order chi connectivity index (χ1) is 19.1. The summed E-state index contributed by atoms with van der Waals surface area (Å²) in [6.45, 7) is 2.25. The summed E-state index contributed by atoms with van der Waals surface area (Å²) in [6.07, 6.45) is 1.85. The van der Waals surface area contributed by atoms with Crippen LogP contribution in [0.4, 0.5) is 10.5 Å². The number of anilines is 1. The van der Waals surface area contributed by atoms with Gasteiger partial charge in [-0.3, -0.25) is 4.90 Å². The average molecular weight is 532 g/mol. The zero-order valence-corrected chi connectivity index (χ0v) is 22.0. The highest BCUT2D eigenvalue weighted by molar-refractivity contribution is 5.89. The average Bonchev–Trinajstić information content (AvgIpc) is 3.43. The maximum Gasteiger partial charge on any atom is 0.319 e. The van der Waals surface area contributed by atoms with Crippen molar-refractivity contribution >= 4 is 11.7 Å². The standard InChI is InChI=1S/C31H37N3O5/c35-20-23-11-13-24(14-12-23)29-17-28(19-34-15-5-10-27(34)21-36)38-30(39-29)25-8-4-9-26(16-25)33-31(37)32-18-22-6-2-1-3-7-22/h1-4,6-9,11-14,16,27-30,35-36H,5,10,15,17-21H2,(H2,32,33,37). The summed E-state index contributed by atoms with van der Waals surface area (Å²) in [5.41, 5.74) is 4.37. The van der Waals surface area contributed by atoms with E-state index in [1.807, 2.05) is 78.9 Å².